The molecule has 0 aromatic heterocycles. The van der Waals surface area contributed by atoms with Crippen molar-refractivity contribution in [1.29, 1.82) is 5.41 Å². The quantitative estimate of drug-likeness (QED) is 0.277. The Balaban J connectivity index is 0.000000738. The predicted octanol–water partition coefficient (Wildman–Crippen LogP) is 7.30. The molecule has 1 aromatic carbocycles. The van der Waals surface area contributed by atoms with E-state index in [1.807, 2.05) is 32.9 Å². The molecule has 0 spiro atoms. The molecule has 0 radical (unpaired) electrons. The average Bonchev–Trinajstić information content (AvgIpc) is 2.82. The molecule has 1 aromatic rings. The van der Waals surface area contributed by atoms with Crippen LogP contribution >= 0.6 is 0 Å². The van der Waals surface area contributed by atoms with Crippen molar-refractivity contribution in [3.05, 3.63) is 35.9 Å². The van der Waals surface area contributed by atoms with E-state index >= 15 is 0 Å². The van der Waals surface area contributed by atoms with Crippen molar-refractivity contribution in [2.75, 3.05) is 32.2 Å². The summed E-state index contributed by atoms with van der Waals surface area (Å²) in [6.07, 6.45) is 9.79. The van der Waals surface area contributed by atoms with Gasteiger partial charge < -0.3 is 14.8 Å². The molecule has 1 aliphatic rings. The fourth-order valence-corrected chi connectivity index (χ4v) is 3.01. The summed E-state index contributed by atoms with van der Waals surface area (Å²) in [6, 6.07) is 6.13. The number of nitrogens with one attached hydrogen (secondary N) is 2. The van der Waals surface area contributed by atoms with E-state index in [0.717, 1.165) is 49.5 Å². The van der Waals surface area contributed by atoms with Crippen molar-refractivity contribution in [1.82, 2.24) is 0 Å². The molecule has 5 nitrogen and oxygen atoms in total. The van der Waals surface area contributed by atoms with E-state index in [2.05, 4.69) is 36.8 Å². The number of unbranched alkanes of at least 4 members (excludes halogenated alkanes) is 2. The van der Waals surface area contributed by atoms with Crippen LogP contribution in [0.2, 0.25) is 0 Å². The van der Waals surface area contributed by atoms with Gasteiger partial charge in [-0.25, -0.2) is 0 Å². The van der Waals surface area contributed by atoms with E-state index in [9.17, 15) is 0 Å². The summed E-state index contributed by atoms with van der Waals surface area (Å²) in [4.78, 5) is 3.89. The van der Waals surface area contributed by atoms with Crippen LogP contribution in [0.15, 0.2) is 29.8 Å². The maximum atomic E-state index is 8.01. The van der Waals surface area contributed by atoms with Gasteiger partial charge in [-0.2, -0.15) is 0 Å². The summed E-state index contributed by atoms with van der Waals surface area (Å²) in [7, 11) is 1.66. The summed E-state index contributed by atoms with van der Waals surface area (Å²) in [5, 5.41) is 11.4. The highest BCUT2D eigenvalue weighted by atomic mass is 16.5. The molecular formula is C27H47N3O2. The lowest BCUT2D eigenvalue weighted by Gasteiger charge is -2.26. The molecule has 32 heavy (non-hydrogen) atoms. The summed E-state index contributed by atoms with van der Waals surface area (Å²) in [6.45, 7) is 17.2. The first-order valence-corrected chi connectivity index (χ1v) is 12.3. The molecule has 2 rings (SSSR count). The van der Waals surface area contributed by atoms with Gasteiger partial charge in [-0.3, -0.25) is 10.4 Å². The molecule has 0 aliphatic carbocycles. The van der Waals surface area contributed by atoms with Gasteiger partial charge in [-0.15, -0.1) is 0 Å². The number of nitrogens with zero attached hydrogens (tertiary/aromatic N) is 1. The zero-order chi connectivity index (χ0) is 24.2. The number of anilines is 1. The molecular weight excluding hydrogens is 398 g/mol. The Hall–Kier alpha value is -1.98. The molecule has 182 valence electrons. The number of hydrogen-bond acceptors (Lipinski definition) is 5. The van der Waals surface area contributed by atoms with Gasteiger partial charge >= 0.3 is 0 Å². The smallest absolute Gasteiger partial charge is 0.127 e. The maximum Gasteiger partial charge on any atom is 0.127 e. The summed E-state index contributed by atoms with van der Waals surface area (Å²) in [5.41, 5.74) is 4.04. The van der Waals surface area contributed by atoms with E-state index in [4.69, 9.17) is 14.9 Å². The molecule has 0 saturated carbocycles. The van der Waals surface area contributed by atoms with Gasteiger partial charge in [-0.1, -0.05) is 58.7 Å². The van der Waals surface area contributed by atoms with Crippen molar-refractivity contribution < 1.29 is 9.47 Å². The third kappa shape index (κ3) is 12.8. The fourth-order valence-electron chi connectivity index (χ4n) is 3.01. The number of aryl methyl sites for hydroxylation is 1. The van der Waals surface area contributed by atoms with E-state index in [1.54, 1.807) is 7.05 Å². The molecule has 1 saturated heterocycles. The lowest BCUT2D eigenvalue weighted by molar-refractivity contribution is 0.0343. The van der Waals surface area contributed by atoms with Crippen LogP contribution in [0, 0.1) is 12.3 Å². The van der Waals surface area contributed by atoms with Crippen molar-refractivity contribution in [2.24, 2.45) is 4.99 Å². The molecule has 1 aliphatic heterocycles. The molecule has 0 amide bonds. The maximum absolute atomic E-state index is 8.01. The first-order chi connectivity index (χ1) is 15.5. The number of aliphatic imine (C=N–C) groups is 1. The number of allylic oxidation sites excluding steroid dienone is 1. The lowest BCUT2D eigenvalue weighted by atomic mass is 9.99. The first kappa shape index (κ1) is 30.0. The number of hydrogen-bond donors (Lipinski definition) is 2. The van der Waals surface area contributed by atoms with Crippen LogP contribution in [0.4, 0.5) is 5.69 Å². The topological polar surface area (TPSA) is 66.7 Å². The summed E-state index contributed by atoms with van der Waals surface area (Å²) in [5.74, 6) is 0. The van der Waals surface area contributed by atoms with Crippen LogP contribution in [0.1, 0.15) is 83.8 Å². The van der Waals surface area contributed by atoms with Gasteiger partial charge in [0, 0.05) is 49.9 Å². The van der Waals surface area contributed by atoms with Gasteiger partial charge in [-0.05, 0) is 51.2 Å². The molecule has 5 heteroatoms. The zero-order valence-corrected chi connectivity index (χ0v) is 21.4. The Labute approximate surface area is 197 Å². The number of benzene rings is 1. The van der Waals surface area contributed by atoms with Gasteiger partial charge in [0.2, 0.25) is 0 Å². The highest BCUT2D eigenvalue weighted by Gasteiger charge is 2.16. The Morgan fingerprint density at radius 2 is 1.88 bits per heavy atom. The second-order valence-electron chi connectivity index (χ2n) is 7.65. The predicted molar refractivity (Wildman–Crippen MR) is 142 cm³/mol. The van der Waals surface area contributed by atoms with Crippen molar-refractivity contribution >= 4 is 23.2 Å². The minimum absolute atomic E-state index is 0.0435. The monoisotopic (exact) mass is 445 g/mol. The third-order valence-corrected chi connectivity index (χ3v) is 4.86. The molecule has 1 fully saturated rings. The van der Waals surface area contributed by atoms with E-state index in [1.165, 1.54) is 38.3 Å². The van der Waals surface area contributed by atoms with Crippen molar-refractivity contribution in [3.63, 3.8) is 0 Å². The SMILES string of the molecule is C=C(C(=N)C=NC)c1cc(C)ccc1NC1CCCCO1.CC.CCCCOCCCC. The van der Waals surface area contributed by atoms with Crippen LogP contribution in [0.25, 0.3) is 5.57 Å². The molecule has 2 N–H and O–H groups in total. The van der Waals surface area contributed by atoms with Crippen LogP contribution in [0.5, 0.6) is 0 Å². The Kier molecular flexibility index (Phi) is 18.5. The van der Waals surface area contributed by atoms with Crippen LogP contribution < -0.4 is 5.32 Å². The standard InChI is InChI=1S/C17H23N3O.C8H18O.C2H6/c1-12-7-8-16(20-17-6-4-5-9-21-17)14(10-12)13(2)15(18)11-19-3;1-3-5-7-9-8-6-4-2;1-2/h7-8,10-11,17-18,20H,2,4-6,9H2,1,3H3;3-8H2,1-2H3;1-2H3. The fraction of sp³-hybridized carbons (Fsp3) is 0.630. The Morgan fingerprint density at radius 3 is 2.41 bits per heavy atom. The van der Waals surface area contributed by atoms with E-state index in [0.29, 0.717) is 11.3 Å². The highest BCUT2D eigenvalue weighted by Crippen LogP contribution is 2.27. The second-order valence-corrected chi connectivity index (χ2v) is 7.65. The van der Waals surface area contributed by atoms with E-state index in [-0.39, 0.29) is 6.23 Å². The summed E-state index contributed by atoms with van der Waals surface area (Å²) >= 11 is 0. The van der Waals surface area contributed by atoms with Crippen LogP contribution in [0.3, 0.4) is 0 Å². The van der Waals surface area contributed by atoms with Gasteiger partial charge in [0.15, 0.2) is 0 Å². The Bertz CT molecular complexity index is 659. The Morgan fingerprint density at radius 1 is 1.22 bits per heavy atom. The molecule has 0 bridgehead atoms. The molecule has 1 heterocycles. The minimum atomic E-state index is 0.0435. The number of rotatable bonds is 11. The highest BCUT2D eigenvalue weighted by molar-refractivity contribution is 6.49. The second kappa shape index (κ2) is 19.7. The third-order valence-electron chi connectivity index (χ3n) is 4.86. The van der Waals surface area contributed by atoms with Crippen LogP contribution in [-0.4, -0.2) is 45.0 Å². The number of ether oxygens (including phenoxy) is 2. The molecule has 1 unspecified atom stereocenters. The first-order valence-electron chi connectivity index (χ1n) is 12.3. The largest absolute Gasteiger partial charge is 0.381 e. The normalized spacial score (nSPS) is 15.2. The van der Waals surface area contributed by atoms with E-state index < -0.39 is 0 Å². The minimum Gasteiger partial charge on any atom is -0.381 e. The van der Waals surface area contributed by atoms with Crippen molar-refractivity contribution in [2.45, 2.75) is 85.8 Å². The molecule has 1 atom stereocenters. The lowest BCUT2D eigenvalue weighted by Crippen LogP contribution is -2.27. The van der Waals surface area contributed by atoms with Gasteiger partial charge in [0.25, 0.3) is 0 Å². The van der Waals surface area contributed by atoms with Crippen molar-refractivity contribution in [3.8, 4) is 0 Å². The van der Waals surface area contributed by atoms with Crippen LogP contribution in [-0.2, 0) is 9.47 Å². The zero-order valence-electron chi connectivity index (χ0n) is 21.4. The van der Waals surface area contributed by atoms with Gasteiger partial charge in [0.05, 0.1) is 5.71 Å². The average molecular weight is 446 g/mol. The summed E-state index contributed by atoms with van der Waals surface area (Å²) < 4.78 is 11.0. The van der Waals surface area contributed by atoms with Gasteiger partial charge in [0.1, 0.15) is 6.23 Å².